The lowest BCUT2D eigenvalue weighted by atomic mass is 10.4. The standard InChI is InChI=1S/C7H14N2O2/c1-3-4-9(6(2)10)5-7(8)11/h3-5H2,1-2H3,(H2,8,11). The van der Waals surface area contributed by atoms with E-state index in [1.807, 2.05) is 6.92 Å². The second-order valence-corrected chi connectivity index (χ2v) is 2.41. The summed E-state index contributed by atoms with van der Waals surface area (Å²) >= 11 is 0. The molecule has 0 aromatic rings. The Kier molecular flexibility index (Phi) is 4.26. The molecule has 0 radical (unpaired) electrons. The van der Waals surface area contributed by atoms with Gasteiger partial charge >= 0.3 is 0 Å². The number of nitrogens with two attached hydrogens (primary N) is 1. The Balaban J connectivity index is 3.89. The molecule has 0 heterocycles. The lowest BCUT2D eigenvalue weighted by Gasteiger charge is -2.17. The molecule has 4 nitrogen and oxygen atoms in total. The van der Waals surface area contributed by atoms with Crippen LogP contribution in [-0.2, 0) is 9.59 Å². The summed E-state index contributed by atoms with van der Waals surface area (Å²) in [7, 11) is 0. The van der Waals surface area contributed by atoms with Crippen molar-refractivity contribution in [2.45, 2.75) is 20.3 Å². The molecular weight excluding hydrogens is 144 g/mol. The molecule has 64 valence electrons. The monoisotopic (exact) mass is 158 g/mol. The van der Waals surface area contributed by atoms with Crippen LogP contribution in [0.3, 0.4) is 0 Å². The zero-order valence-corrected chi connectivity index (χ0v) is 6.96. The Morgan fingerprint density at radius 1 is 1.45 bits per heavy atom. The van der Waals surface area contributed by atoms with Gasteiger partial charge in [-0.05, 0) is 6.42 Å². The normalized spacial score (nSPS) is 9.27. The van der Waals surface area contributed by atoms with E-state index in [4.69, 9.17) is 5.73 Å². The average molecular weight is 158 g/mol. The van der Waals surface area contributed by atoms with E-state index in [1.165, 1.54) is 11.8 Å². The van der Waals surface area contributed by atoms with E-state index in [1.54, 1.807) is 0 Å². The van der Waals surface area contributed by atoms with Gasteiger partial charge in [-0.25, -0.2) is 0 Å². The molecule has 0 aromatic carbocycles. The van der Waals surface area contributed by atoms with Gasteiger partial charge in [0, 0.05) is 13.5 Å². The first-order valence-corrected chi connectivity index (χ1v) is 3.61. The van der Waals surface area contributed by atoms with Gasteiger partial charge in [-0.2, -0.15) is 0 Å². The van der Waals surface area contributed by atoms with Crippen molar-refractivity contribution in [3.63, 3.8) is 0 Å². The van der Waals surface area contributed by atoms with Crippen molar-refractivity contribution >= 4 is 11.8 Å². The third-order valence-corrected chi connectivity index (χ3v) is 1.29. The Hall–Kier alpha value is -1.06. The fourth-order valence-electron chi connectivity index (χ4n) is 0.806. The maximum absolute atomic E-state index is 10.8. The van der Waals surface area contributed by atoms with Crippen molar-refractivity contribution in [1.82, 2.24) is 4.90 Å². The van der Waals surface area contributed by atoms with E-state index in [9.17, 15) is 9.59 Å². The predicted octanol–water partition coefficient (Wildman–Crippen LogP) is -0.270. The number of nitrogens with zero attached hydrogens (tertiary/aromatic N) is 1. The molecule has 0 aliphatic carbocycles. The van der Waals surface area contributed by atoms with Crippen LogP contribution in [0.5, 0.6) is 0 Å². The van der Waals surface area contributed by atoms with Crippen LogP contribution in [0.25, 0.3) is 0 Å². The third kappa shape index (κ3) is 4.36. The van der Waals surface area contributed by atoms with Gasteiger partial charge in [-0.15, -0.1) is 0 Å². The molecule has 0 aliphatic heterocycles. The van der Waals surface area contributed by atoms with Crippen molar-refractivity contribution < 1.29 is 9.59 Å². The third-order valence-electron chi connectivity index (χ3n) is 1.29. The highest BCUT2D eigenvalue weighted by molar-refractivity contribution is 5.82. The Labute approximate surface area is 66.4 Å². The highest BCUT2D eigenvalue weighted by atomic mass is 16.2. The maximum atomic E-state index is 10.8. The molecule has 0 unspecified atom stereocenters. The van der Waals surface area contributed by atoms with Gasteiger partial charge in [-0.1, -0.05) is 6.92 Å². The van der Waals surface area contributed by atoms with E-state index < -0.39 is 5.91 Å². The van der Waals surface area contributed by atoms with E-state index in [2.05, 4.69) is 0 Å². The molecule has 0 aliphatic rings. The molecule has 0 saturated carbocycles. The molecular formula is C7H14N2O2. The fraction of sp³-hybridized carbons (Fsp3) is 0.714. The molecule has 0 aromatic heterocycles. The Bertz CT molecular complexity index is 157. The summed E-state index contributed by atoms with van der Waals surface area (Å²) in [6.07, 6.45) is 0.840. The molecule has 2 N–H and O–H groups in total. The molecule has 11 heavy (non-hydrogen) atoms. The number of amides is 2. The van der Waals surface area contributed by atoms with Gasteiger partial charge in [0.2, 0.25) is 11.8 Å². The number of carbonyl (C=O) groups excluding carboxylic acids is 2. The van der Waals surface area contributed by atoms with E-state index >= 15 is 0 Å². The molecule has 0 atom stereocenters. The van der Waals surface area contributed by atoms with Gasteiger partial charge in [0.15, 0.2) is 0 Å². The first-order chi connectivity index (χ1) is 5.07. The Morgan fingerprint density at radius 3 is 2.27 bits per heavy atom. The summed E-state index contributed by atoms with van der Waals surface area (Å²) in [6, 6.07) is 0. The van der Waals surface area contributed by atoms with Crippen LogP contribution < -0.4 is 5.73 Å². The minimum Gasteiger partial charge on any atom is -0.368 e. The lowest BCUT2D eigenvalue weighted by Crippen LogP contribution is -2.37. The smallest absolute Gasteiger partial charge is 0.237 e. The first-order valence-electron chi connectivity index (χ1n) is 3.61. The summed E-state index contributed by atoms with van der Waals surface area (Å²) in [5.41, 5.74) is 4.93. The van der Waals surface area contributed by atoms with Gasteiger partial charge in [0.1, 0.15) is 0 Å². The van der Waals surface area contributed by atoms with E-state index in [0.29, 0.717) is 6.54 Å². The number of primary amides is 1. The van der Waals surface area contributed by atoms with Gasteiger partial charge in [0.25, 0.3) is 0 Å². The predicted molar refractivity (Wildman–Crippen MR) is 41.7 cm³/mol. The Morgan fingerprint density at radius 2 is 2.00 bits per heavy atom. The van der Waals surface area contributed by atoms with Gasteiger partial charge < -0.3 is 10.6 Å². The summed E-state index contributed by atoms with van der Waals surface area (Å²) in [6.45, 7) is 4.00. The summed E-state index contributed by atoms with van der Waals surface area (Å²) < 4.78 is 0. The molecule has 0 spiro atoms. The van der Waals surface area contributed by atoms with Crippen molar-refractivity contribution in [2.24, 2.45) is 5.73 Å². The zero-order valence-electron chi connectivity index (χ0n) is 6.96. The van der Waals surface area contributed by atoms with Crippen molar-refractivity contribution in [2.75, 3.05) is 13.1 Å². The first kappa shape index (κ1) is 9.94. The van der Waals surface area contributed by atoms with Crippen molar-refractivity contribution in [3.05, 3.63) is 0 Å². The maximum Gasteiger partial charge on any atom is 0.237 e. The minimum absolute atomic E-state index is 0.0309. The summed E-state index contributed by atoms with van der Waals surface area (Å²) in [4.78, 5) is 22.6. The van der Waals surface area contributed by atoms with Crippen LogP contribution in [-0.4, -0.2) is 29.8 Å². The largest absolute Gasteiger partial charge is 0.368 e. The van der Waals surface area contributed by atoms with Gasteiger partial charge in [-0.3, -0.25) is 9.59 Å². The summed E-state index contributed by atoms with van der Waals surface area (Å²) in [5.74, 6) is -0.570. The van der Waals surface area contributed by atoms with Crippen LogP contribution in [0.1, 0.15) is 20.3 Å². The minimum atomic E-state index is -0.464. The number of hydrogen-bond acceptors (Lipinski definition) is 2. The average Bonchev–Trinajstić information content (AvgIpc) is 1.86. The molecule has 0 saturated heterocycles. The van der Waals surface area contributed by atoms with Crippen molar-refractivity contribution in [3.8, 4) is 0 Å². The van der Waals surface area contributed by atoms with Crippen molar-refractivity contribution in [1.29, 1.82) is 0 Å². The quantitative estimate of drug-likeness (QED) is 0.612. The molecule has 4 heteroatoms. The van der Waals surface area contributed by atoms with Gasteiger partial charge in [0.05, 0.1) is 6.54 Å². The van der Waals surface area contributed by atoms with Crippen LogP contribution in [0.2, 0.25) is 0 Å². The number of rotatable bonds is 4. The van der Waals surface area contributed by atoms with Crippen LogP contribution in [0, 0.1) is 0 Å². The highest BCUT2D eigenvalue weighted by Gasteiger charge is 2.08. The van der Waals surface area contributed by atoms with Crippen LogP contribution in [0.15, 0.2) is 0 Å². The fourth-order valence-corrected chi connectivity index (χ4v) is 0.806. The molecule has 0 rings (SSSR count). The summed E-state index contributed by atoms with van der Waals surface area (Å²) in [5, 5.41) is 0. The molecule has 0 fully saturated rings. The lowest BCUT2D eigenvalue weighted by molar-refractivity contribution is -0.133. The SMILES string of the molecule is CCCN(CC(N)=O)C(C)=O. The molecule has 0 bridgehead atoms. The second-order valence-electron chi connectivity index (χ2n) is 2.41. The van der Waals surface area contributed by atoms with E-state index in [-0.39, 0.29) is 12.5 Å². The van der Waals surface area contributed by atoms with E-state index in [0.717, 1.165) is 6.42 Å². The number of hydrogen-bond donors (Lipinski definition) is 1. The van der Waals surface area contributed by atoms with Crippen LogP contribution in [0.4, 0.5) is 0 Å². The highest BCUT2D eigenvalue weighted by Crippen LogP contribution is 1.90. The van der Waals surface area contributed by atoms with Crippen LogP contribution >= 0.6 is 0 Å². The topological polar surface area (TPSA) is 63.4 Å². The zero-order chi connectivity index (χ0) is 8.85. The number of carbonyl (C=O) groups is 2. The molecule has 2 amide bonds. The second kappa shape index (κ2) is 4.71.